The first-order chi connectivity index (χ1) is 5.70. The van der Waals surface area contributed by atoms with Crippen molar-refractivity contribution in [2.75, 3.05) is 14.1 Å². The van der Waals surface area contributed by atoms with Crippen molar-refractivity contribution in [3.63, 3.8) is 0 Å². The third kappa shape index (κ3) is 2.66. The second-order valence-corrected chi connectivity index (χ2v) is 3.51. The molecule has 0 fully saturated rings. The van der Waals surface area contributed by atoms with Crippen molar-refractivity contribution < 1.29 is 0 Å². The number of halogens is 1. The molecular weight excluding hydrogens is 216 g/mol. The molecule has 1 aromatic carbocycles. The molecule has 0 heterocycles. The lowest BCUT2D eigenvalue weighted by molar-refractivity contribution is 0.643. The molecule has 0 saturated heterocycles. The second-order valence-electron chi connectivity index (χ2n) is 2.66. The molecule has 0 N–H and O–H groups in total. The maximum absolute atomic E-state index is 4.26. The minimum Gasteiger partial charge on any atom is -0.369 e. The normalized spacial score (nSPS) is 10.6. The van der Waals surface area contributed by atoms with Crippen LogP contribution in [-0.2, 0) is 0 Å². The molecule has 3 heteroatoms. The van der Waals surface area contributed by atoms with E-state index >= 15 is 0 Å². The van der Waals surface area contributed by atoms with E-state index in [0.717, 1.165) is 10.2 Å². The van der Waals surface area contributed by atoms with E-state index in [2.05, 4.69) is 20.9 Å². The van der Waals surface area contributed by atoms with E-state index in [9.17, 15) is 0 Å². The lowest BCUT2D eigenvalue weighted by Gasteiger charge is -2.02. The van der Waals surface area contributed by atoms with Crippen molar-refractivity contribution in [2.45, 2.75) is 0 Å². The number of benzene rings is 1. The van der Waals surface area contributed by atoms with Crippen molar-refractivity contribution in [1.82, 2.24) is 4.90 Å². The van der Waals surface area contributed by atoms with E-state index in [-0.39, 0.29) is 0 Å². The average Bonchev–Trinajstić information content (AvgIpc) is 2.03. The lowest BCUT2D eigenvalue weighted by Crippen LogP contribution is -2.06. The van der Waals surface area contributed by atoms with E-state index in [1.807, 2.05) is 43.3 Å². The largest absolute Gasteiger partial charge is 0.369 e. The van der Waals surface area contributed by atoms with Gasteiger partial charge in [0, 0.05) is 18.6 Å². The van der Waals surface area contributed by atoms with Gasteiger partial charge in [-0.2, -0.15) is 0 Å². The van der Waals surface area contributed by atoms with Crippen LogP contribution in [0.25, 0.3) is 0 Å². The first kappa shape index (κ1) is 9.26. The number of hydrogen-bond acceptors (Lipinski definition) is 1. The van der Waals surface area contributed by atoms with Gasteiger partial charge in [0.05, 0.1) is 12.0 Å². The molecule has 12 heavy (non-hydrogen) atoms. The third-order valence-electron chi connectivity index (χ3n) is 1.28. The topological polar surface area (TPSA) is 15.6 Å². The Morgan fingerprint density at radius 2 is 2.00 bits per heavy atom. The van der Waals surface area contributed by atoms with Gasteiger partial charge in [0.1, 0.15) is 0 Å². The fraction of sp³-hybridized carbons (Fsp3) is 0.222. The Bertz CT molecular complexity index is 282. The molecule has 0 aliphatic carbocycles. The number of hydrogen-bond donors (Lipinski definition) is 0. The monoisotopic (exact) mass is 226 g/mol. The summed E-state index contributed by atoms with van der Waals surface area (Å²) >= 11 is 3.41. The van der Waals surface area contributed by atoms with Gasteiger partial charge in [-0.25, -0.2) is 4.99 Å². The maximum atomic E-state index is 4.26. The molecule has 0 aliphatic rings. The van der Waals surface area contributed by atoms with Crippen LogP contribution in [-0.4, -0.2) is 25.3 Å². The summed E-state index contributed by atoms with van der Waals surface area (Å²) in [5, 5.41) is 0. The lowest BCUT2D eigenvalue weighted by atomic mass is 10.3. The van der Waals surface area contributed by atoms with Crippen molar-refractivity contribution >= 4 is 28.0 Å². The molecule has 0 spiro atoms. The quantitative estimate of drug-likeness (QED) is 0.560. The van der Waals surface area contributed by atoms with Crippen LogP contribution in [0.5, 0.6) is 0 Å². The van der Waals surface area contributed by atoms with E-state index in [4.69, 9.17) is 0 Å². The number of nitrogens with zero attached hydrogens (tertiary/aromatic N) is 2. The second kappa shape index (κ2) is 4.26. The van der Waals surface area contributed by atoms with Crippen LogP contribution < -0.4 is 0 Å². The molecule has 0 saturated carbocycles. The van der Waals surface area contributed by atoms with Crippen LogP contribution >= 0.6 is 15.9 Å². The zero-order chi connectivity index (χ0) is 8.97. The SMILES string of the molecule is CN(C)C=Nc1ccccc1Br. The Morgan fingerprint density at radius 1 is 1.33 bits per heavy atom. The molecule has 0 aliphatic heterocycles. The molecule has 0 bridgehead atoms. The first-order valence-electron chi connectivity index (χ1n) is 3.65. The minimum atomic E-state index is 0.950. The van der Waals surface area contributed by atoms with Gasteiger partial charge >= 0.3 is 0 Å². The third-order valence-corrected chi connectivity index (χ3v) is 1.95. The minimum absolute atomic E-state index is 0.950. The van der Waals surface area contributed by atoms with E-state index in [1.165, 1.54) is 0 Å². The zero-order valence-corrected chi connectivity index (χ0v) is 8.75. The number of rotatable bonds is 2. The maximum Gasteiger partial charge on any atom is 0.0907 e. The highest BCUT2D eigenvalue weighted by Gasteiger charge is 1.92. The van der Waals surface area contributed by atoms with E-state index < -0.39 is 0 Å². The van der Waals surface area contributed by atoms with Crippen molar-refractivity contribution in [2.24, 2.45) is 4.99 Å². The van der Waals surface area contributed by atoms with Gasteiger partial charge in [-0.1, -0.05) is 12.1 Å². The molecule has 0 unspecified atom stereocenters. The van der Waals surface area contributed by atoms with Crippen LogP contribution in [0.2, 0.25) is 0 Å². The van der Waals surface area contributed by atoms with E-state index in [1.54, 1.807) is 6.34 Å². The van der Waals surface area contributed by atoms with Crippen molar-refractivity contribution in [3.8, 4) is 0 Å². The average molecular weight is 227 g/mol. The molecule has 0 atom stereocenters. The Labute approximate surface area is 81.0 Å². The summed E-state index contributed by atoms with van der Waals surface area (Å²) in [6.45, 7) is 0. The summed E-state index contributed by atoms with van der Waals surface area (Å²) in [4.78, 5) is 6.16. The van der Waals surface area contributed by atoms with Crippen molar-refractivity contribution in [1.29, 1.82) is 0 Å². The predicted octanol–water partition coefficient (Wildman–Crippen LogP) is 2.67. The standard InChI is InChI=1S/C9H11BrN2/c1-12(2)7-11-9-6-4-3-5-8(9)10/h3-7H,1-2H3. The van der Waals surface area contributed by atoms with Crippen LogP contribution in [0, 0.1) is 0 Å². The molecule has 64 valence electrons. The molecule has 1 rings (SSSR count). The van der Waals surface area contributed by atoms with Gasteiger partial charge in [0.2, 0.25) is 0 Å². The fourth-order valence-electron chi connectivity index (χ4n) is 0.734. The van der Waals surface area contributed by atoms with Gasteiger partial charge < -0.3 is 4.90 Å². The summed E-state index contributed by atoms with van der Waals surface area (Å²) in [7, 11) is 3.89. The molecular formula is C9H11BrN2. The van der Waals surface area contributed by atoms with Crippen molar-refractivity contribution in [3.05, 3.63) is 28.7 Å². The molecule has 1 aromatic rings. The number of aliphatic imine (C=N–C) groups is 1. The Kier molecular flexibility index (Phi) is 3.29. The molecule has 0 amide bonds. The Balaban J connectivity index is 2.82. The zero-order valence-electron chi connectivity index (χ0n) is 7.16. The highest BCUT2D eigenvalue weighted by atomic mass is 79.9. The van der Waals surface area contributed by atoms with Gasteiger partial charge in [-0.15, -0.1) is 0 Å². The van der Waals surface area contributed by atoms with Gasteiger partial charge in [0.25, 0.3) is 0 Å². The van der Waals surface area contributed by atoms with Crippen LogP contribution in [0.4, 0.5) is 5.69 Å². The smallest absolute Gasteiger partial charge is 0.0907 e. The van der Waals surface area contributed by atoms with Crippen LogP contribution in [0.3, 0.4) is 0 Å². The van der Waals surface area contributed by atoms with Crippen LogP contribution in [0.1, 0.15) is 0 Å². The fourth-order valence-corrected chi connectivity index (χ4v) is 1.12. The van der Waals surface area contributed by atoms with E-state index in [0.29, 0.717) is 0 Å². The summed E-state index contributed by atoms with van der Waals surface area (Å²) in [6.07, 6.45) is 1.78. The van der Waals surface area contributed by atoms with Crippen LogP contribution in [0.15, 0.2) is 33.7 Å². The summed E-state index contributed by atoms with van der Waals surface area (Å²) < 4.78 is 1.02. The molecule has 2 nitrogen and oxygen atoms in total. The van der Waals surface area contributed by atoms with Gasteiger partial charge in [0.15, 0.2) is 0 Å². The number of para-hydroxylation sites is 1. The summed E-state index contributed by atoms with van der Waals surface area (Å²) in [6, 6.07) is 7.87. The molecule has 0 radical (unpaired) electrons. The highest BCUT2D eigenvalue weighted by Crippen LogP contribution is 2.23. The Morgan fingerprint density at radius 3 is 2.58 bits per heavy atom. The van der Waals surface area contributed by atoms with Gasteiger partial charge in [-0.05, 0) is 28.1 Å². The first-order valence-corrected chi connectivity index (χ1v) is 4.44. The summed E-state index contributed by atoms with van der Waals surface area (Å²) in [5.74, 6) is 0. The molecule has 0 aromatic heterocycles. The van der Waals surface area contributed by atoms with Gasteiger partial charge in [-0.3, -0.25) is 0 Å². The summed E-state index contributed by atoms with van der Waals surface area (Å²) in [5.41, 5.74) is 0.950. The predicted molar refractivity (Wildman–Crippen MR) is 56.0 cm³/mol. The Hall–Kier alpha value is -0.830. The highest BCUT2D eigenvalue weighted by molar-refractivity contribution is 9.10.